The molecule has 1 aromatic rings. The van der Waals surface area contributed by atoms with Gasteiger partial charge in [0.25, 0.3) is 0 Å². The lowest BCUT2D eigenvalue weighted by Gasteiger charge is -2.29. The van der Waals surface area contributed by atoms with Crippen LogP contribution in [0.3, 0.4) is 0 Å². The van der Waals surface area contributed by atoms with E-state index in [1.54, 1.807) is 0 Å². The van der Waals surface area contributed by atoms with Gasteiger partial charge in [-0.05, 0) is 37.8 Å². The van der Waals surface area contributed by atoms with Crippen LogP contribution in [0.2, 0.25) is 0 Å². The van der Waals surface area contributed by atoms with Gasteiger partial charge in [-0.2, -0.15) is 0 Å². The molecule has 3 heteroatoms. The molecule has 0 saturated heterocycles. The van der Waals surface area contributed by atoms with Crippen LogP contribution in [0.5, 0.6) is 0 Å². The zero-order valence-electron chi connectivity index (χ0n) is 9.47. The molecule has 1 saturated carbocycles. The first kappa shape index (κ1) is 11.0. The van der Waals surface area contributed by atoms with Crippen molar-refractivity contribution in [2.45, 2.75) is 25.8 Å². The van der Waals surface area contributed by atoms with E-state index in [1.807, 2.05) is 42.2 Å². The molecule has 2 rings (SSSR count). The van der Waals surface area contributed by atoms with E-state index in [9.17, 15) is 9.90 Å². The normalized spacial score (nSPS) is 16.8. The fourth-order valence-electron chi connectivity index (χ4n) is 2.16. The molecule has 3 nitrogen and oxygen atoms in total. The predicted molar refractivity (Wildman–Crippen MR) is 63.6 cm³/mol. The highest BCUT2D eigenvalue weighted by Gasteiger charge is 2.39. The van der Waals surface area contributed by atoms with Crippen molar-refractivity contribution in [3.05, 3.63) is 30.3 Å². The second-order valence-electron chi connectivity index (χ2n) is 4.24. The molecule has 0 spiro atoms. The molecule has 0 aliphatic heterocycles. The summed E-state index contributed by atoms with van der Waals surface area (Å²) < 4.78 is 0. The SMILES string of the molecule is CCN(c1ccccc1)[C@@H](C(=O)O)C1CC1. The highest BCUT2D eigenvalue weighted by Crippen LogP contribution is 2.37. The molecule has 16 heavy (non-hydrogen) atoms. The Morgan fingerprint density at radius 3 is 2.50 bits per heavy atom. The number of nitrogens with zero attached hydrogens (tertiary/aromatic N) is 1. The maximum atomic E-state index is 11.3. The van der Waals surface area contributed by atoms with Gasteiger partial charge >= 0.3 is 5.97 Å². The second-order valence-corrected chi connectivity index (χ2v) is 4.24. The van der Waals surface area contributed by atoms with E-state index in [-0.39, 0.29) is 6.04 Å². The van der Waals surface area contributed by atoms with Crippen LogP contribution in [-0.2, 0) is 4.79 Å². The highest BCUT2D eigenvalue weighted by molar-refractivity contribution is 5.79. The maximum Gasteiger partial charge on any atom is 0.326 e. The van der Waals surface area contributed by atoms with Crippen molar-refractivity contribution in [1.29, 1.82) is 0 Å². The third-order valence-electron chi connectivity index (χ3n) is 3.09. The number of para-hydroxylation sites is 1. The van der Waals surface area contributed by atoms with Crippen molar-refractivity contribution in [1.82, 2.24) is 0 Å². The monoisotopic (exact) mass is 219 g/mol. The fraction of sp³-hybridized carbons (Fsp3) is 0.462. The summed E-state index contributed by atoms with van der Waals surface area (Å²) in [5.41, 5.74) is 1.00. The summed E-state index contributed by atoms with van der Waals surface area (Å²) >= 11 is 0. The molecule has 1 aromatic carbocycles. The van der Waals surface area contributed by atoms with Crippen LogP contribution in [0.15, 0.2) is 30.3 Å². The van der Waals surface area contributed by atoms with Gasteiger partial charge in [-0.25, -0.2) is 4.79 Å². The lowest BCUT2D eigenvalue weighted by Crippen LogP contribution is -2.42. The van der Waals surface area contributed by atoms with Gasteiger partial charge in [-0.1, -0.05) is 18.2 Å². The number of likely N-dealkylation sites (N-methyl/N-ethyl adjacent to an activating group) is 1. The van der Waals surface area contributed by atoms with Crippen LogP contribution < -0.4 is 4.90 Å². The van der Waals surface area contributed by atoms with Crippen molar-refractivity contribution in [3.63, 3.8) is 0 Å². The van der Waals surface area contributed by atoms with Crippen LogP contribution in [0, 0.1) is 5.92 Å². The maximum absolute atomic E-state index is 11.3. The molecule has 1 aliphatic carbocycles. The first-order valence-corrected chi connectivity index (χ1v) is 5.78. The third-order valence-corrected chi connectivity index (χ3v) is 3.09. The van der Waals surface area contributed by atoms with E-state index in [0.29, 0.717) is 5.92 Å². The minimum absolute atomic E-state index is 0.331. The van der Waals surface area contributed by atoms with Crippen molar-refractivity contribution in [2.75, 3.05) is 11.4 Å². The lowest BCUT2D eigenvalue weighted by molar-refractivity contribution is -0.139. The van der Waals surface area contributed by atoms with E-state index in [4.69, 9.17) is 0 Å². The van der Waals surface area contributed by atoms with Gasteiger partial charge in [0, 0.05) is 12.2 Å². The Balaban J connectivity index is 2.23. The van der Waals surface area contributed by atoms with Crippen LogP contribution in [0.4, 0.5) is 5.69 Å². The number of anilines is 1. The van der Waals surface area contributed by atoms with Crippen molar-refractivity contribution in [3.8, 4) is 0 Å². The Morgan fingerprint density at radius 1 is 1.44 bits per heavy atom. The summed E-state index contributed by atoms with van der Waals surface area (Å²) in [6.45, 7) is 2.74. The van der Waals surface area contributed by atoms with Gasteiger partial charge < -0.3 is 10.0 Å². The van der Waals surface area contributed by atoms with Gasteiger partial charge in [0.1, 0.15) is 6.04 Å². The van der Waals surface area contributed by atoms with Gasteiger partial charge in [-0.3, -0.25) is 0 Å². The fourth-order valence-corrected chi connectivity index (χ4v) is 2.16. The summed E-state index contributed by atoms with van der Waals surface area (Å²) in [5, 5.41) is 9.30. The summed E-state index contributed by atoms with van der Waals surface area (Å²) in [6.07, 6.45) is 2.08. The van der Waals surface area contributed by atoms with Crippen molar-refractivity contribution >= 4 is 11.7 Å². The molecule has 0 aromatic heterocycles. The van der Waals surface area contributed by atoms with Crippen LogP contribution >= 0.6 is 0 Å². The van der Waals surface area contributed by atoms with Crippen molar-refractivity contribution in [2.24, 2.45) is 5.92 Å². The average molecular weight is 219 g/mol. The molecule has 1 N–H and O–H groups in total. The van der Waals surface area contributed by atoms with Crippen molar-refractivity contribution < 1.29 is 9.90 Å². The molecule has 0 heterocycles. The Bertz CT molecular complexity index is 359. The van der Waals surface area contributed by atoms with E-state index < -0.39 is 5.97 Å². The minimum Gasteiger partial charge on any atom is -0.480 e. The Hall–Kier alpha value is -1.51. The first-order valence-electron chi connectivity index (χ1n) is 5.78. The zero-order valence-corrected chi connectivity index (χ0v) is 9.47. The van der Waals surface area contributed by atoms with E-state index >= 15 is 0 Å². The smallest absolute Gasteiger partial charge is 0.326 e. The van der Waals surface area contributed by atoms with Crippen LogP contribution in [-0.4, -0.2) is 23.7 Å². The molecule has 0 amide bonds. The standard InChI is InChI=1S/C13H17NO2/c1-2-14(11-6-4-3-5-7-11)12(13(15)16)10-8-9-10/h3-7,10,12H,2,8-9H2,1H3,(H,15,16)/t12-/m1/s1. The summed E-state index contributed by atoms with van der Waals surface area (Å²) in [4.78, 5) is 13.3. The number of carboxylic acids is 1. The Morgan fingerprint density at radius 2 is 2.06 bits per heavy atom. The molecular formula is C13H17NO2. The minimum atomic E-state index is -0.701. The molecule has 1 aliphatic rings. The summed E-state index contributed by atoms with van der Waals surface area (Å²) in [7, 11) is 0. The quantitative estimate of drug-likeness (QED) is 0.826. The van der Waals surface area contributed by atoms with E-state index in [0.717, 1.165) is 25.1 Å². The number of hydrogen-bond acceptors (Lipinski definition) is 2. The first-order chi connectivity index (χ1) is 7.74. The number of carbonyl (C=O) groups is 1. The average Bonchev–Trinajstić information content (AvgIpc) is 3.10. The largest absolute Gasteiger partial charge is 0.480 e. The second kappa shape index (κ2) is 4.56. The van der Waals surface area contributed by atoms with Crippen LogP contribution in [0.25, 0.3) is 0 Å². The number of carboxylic acid groups (broad SMARTS) is 1. The number of benzene rings is 1. The van der Waals surface area contributed by atoms with Gasteiger partial charge in [0.15, 0.2) is 0 Å². The Kier molecular flexibility index (Phi) is 3.13. The van der Waals surface area contributed by atoms with E-state index in [1.165, 1.54) is 0 Å². The number of rotatable bonds is 5. The van der Waals surface area contributed by atoms with E-state index in [2.05, 4.69) is 0 Å². The molecule has 0 unspecified atom stereocenters. The molecule has 86 valence electrons. The third kappa shape index (κ3) is 2.18. The molecule has 1 atom stereocenters. The summed E-state index contributed by atoms with van der Waals surface area (Å²) in [5.74, 6) is -0.370. The number of aliphatic carboxylic acids is 1. The topological polar surface area (TPSA) is 40.5 Å². The highest BCUT2D eigenvalue weighted by atomic mass is 16.4. The number of hydrogen-bond donors (Lipinski definition) is 1. The molecule has 0 bridgehead atoms. The zero-order chi connectivity index (χ0) is 11.5. The van der Waals surface area contributed by atoms with Gasteiger partial charge in [-0.15, -0.1) is 0 Å². The summed E-state index contributed by atoms with van der Waals surface area (Å²) in [6, 6.07) is 9.44. The van der Waals surface area contributed by atoms with Gasteiger partial charge in [0.05, 0.1) is 0 Å². The van der Waals surface area contributed by atoms with Crippen LogP contribution in [0.1, 0.15) is 19.8 Å². The molecular weight excluding hydrogens is 202 g/mol. The lowest BCUT2D eigenvalue weighted by atomic mass is 10.1. The Labute approximate surface area is 95.7 Å². The molecule has 1 fully saturated rings. The molecule has 0 radical (unpaired) electrons. The predicted octanol–water partition coefficient (Wildman–Crippen LogP) is 2.38. The van der Waals surface area contributed by atoms with Gasteiger partial charge in [0.2, 0.25) is 0 Å².